The highest BCUT2D eigenvalue weighted by Crippen LogP contribution is 2.05. The van der Waals surface area contributed by atoms with Gasteiger partial charge in [-0.1, -0.05) is 0 Å². The third-order valence-corrected chi connectivity index (χ3v) is 1.26. The first kappa shape index (κ1) is 8.95. The summed E-state index contributed by atoms with van der Waals surface area (Å²) in [5.41, 5.74) is 0. The topological polar surface area (TPSA) is 92.0 Å². The van der Waals surface area contributed by atoms with Crippen LogP contribution >= 0.6 is 0 Å². The Balaban J connectivity index is 2.86. The first-order valence-corrected chi connectivity index (χ1v) is 3.54. The molecule has 0 aliphatic rings. The van der Waals surface area contributed by atoms with E-state index >= 15 is 0 Å². The van der Waals surface area contributed by atoms with Crippen LogP contribution < -0.4 is 0 Å². The molecule has 0 spiro atoms. The maximum absolute atomic E-state index is 8.99. The summed E-state index contributed by atoms with van der Waals surface area (Å²) in [5, 5.41) is 32.2. The Morgan fingerprint density at radius 3 is 1.25 bits per heavy atom. The molecule has 0 bridgehead atoms. The Labute approximate surface area is 69.3 Å². The van der Waals surface area contributed by atoms with Gasteiger partial charge in [-0.25, -0.2) is 0 Å². The molecule has 6 nitrogen and oxygen atoms in total. The summed E-state index contributed by atoms with van der Waals surface area (Å²) in [4.78, 5) is 0. The Morgan fingerprint density at radius 1 is 0.833 bits per heavy atom. The number of hydrogen-bond donors (Lipinski definition) is 2. The van der Waals surface area contributed by atoms with Crippen LogP contribution in [0.15, 0.2) is 0 Å². The molecule has 1 heterocycles. The molecule has 0 aliphatic carbocycles. The molecule has 0 saturated heterocycles. The predicted octanol–water partition coefficient (Wildman–Crippen LogP) is -0.627. The van der Waals surface area contributed by atoms with Crippen LogP contribution in [0.2, 0.25) is 0 Å². The molecule has 2 atom stereocenters. The molecule has 1 aromatic heterocycles. The van der Waals surface area contributed by atoms with Crippen LogP contribution in [-0.4, -0.2) is 30.6 Å². The summed E-state index contributed by atoms with van der Waals surface area (Å²) in [6.45, 7) is 3.03. The molecular weight excluding hydrogens is 160 g/mol. The molecule has 12 heavy (non-hydrogen) atoms. The van der Waals surface area contributed by atoms with Gasteiger partial charge in [0.15, 0.2) is 0 Å². The smallest absolute Gasteiger partial charge is 0.201 e. The van der Waals surface area contributed by atoms with Crippen molar-refractivity contribution in [3.63, 3.8) is 0 Å². The lowest BCUT2D eigenvalue weighted by molar-refractivity contribution is 0.172. The van der Waals surface area contributed by atoms with E-state index in [1.54, 1.807) is 0 Å². The third kappa shape index (κ3) is 1.93. The van der Waals surface area contributed by atoms with Crippen LogP contribution in [0.3, 0.4) is 0 Å². The number of aliphatic hydroxyl groups is 2. The van der Waals surface area contributed by atoms with Gasteiger partial charge in [0, 0.05) is 0 Å². The minimum atomic E-state index is -0.784. The average molecular weight is 170 g/mol. The molecule has 6 heteroatoms. The monoisotopic (exact) mass is 170 g/mol. The quantitative estimate of drug-likeness (QED) is 0.614. The summed E-state index contributed by atoms with van der Waals surface area (Å²) in [7, 11) is 0. The molecule has 2 N–H and O–H groups in total. The summed E-state index contributed by atoms with van der Waals surface area (Å²) in [5.74, 6) is 0.304. The van der Waals surface area contributed by atoms with Crippen LogP contribution in [-0.2, 0) is 0 Å². The largest absolute Gasteiger partial charge is 0.385 e. The van der Waals surface area contributed by atoms with E-state index in [0.717, 1.165) is 0 Å². The third-order valence-electron chi connectivity index (χ3n) is 1.26. The van der Waals surface area contributed by atoms with E-state index in [1.165, 1.54) is 13.8 Å². The summed E-state index contributed by atoms with van der Waals surface area (Å²) < 4.78 is 0. The van der Waals surface area contributed by atoms with Crippen LogP contribution in [0.5, 0.6) is 0 Å². The highest BCUT2D eigenvalue weighted by Gasteiger charge is 2.09. The molecule has 0 aromatic carbocycles. The normalized spacial score (nSPS) is 15.7. The Morgan fingerprint density at radius 2 is 1.08 bits per heavy atom. The van der Waals surface area contributed by atoms with Gasteiger partial charge < -0.3 is 10.2 Å². The van der Waals surface area contributed by atoms with Crippen molar-refractivity contribution >= 4 is 0 Å². The number of aromatic nitrogens is 4. The lowest BCUT2D eigenvalue weighted by atomic mass is 10.4. The maximum Gasteiger partial charge on any atom is 0.201 e. The molecular formula is C6H10N4O2. The molecule has 2 unspecified atom stereocenters. The van der Waals surface area contributed by atoms with Gasteiger partial charge in [0.05, 0.1) is 0 Å². The number of rotatable bonds is 2. The summed E-state index contributed by atoms with van der Waals surface area (Å²) >= 11 is 0. The highest BCUT2D eigenvalue weighted by molar-refractivity contribution is 4.86. The van der Waals surface area contributed by atoms with E-state index in [0.29, 0.717) is 0 Å². The van der Waals surface area contributed by atoms with Crippen molar-refractivity contribution in [2.75, 3.05) is 0 Å². The molecule has 0 fully saturated rings. The van der Waals surface area contributed by atoms with Crippen LogP contribution in [0, 0.1) is 0 Å². The van der Waals surface area contributed by atoms with E-state index in [9.17, 15) is 0 Å². The fraction of sp³-hybridized carbons (Fsp3) is 0.667. The SMILES string of the molecule is CC(O)c1nnc(C(C)O)nn1. The van der Waals surface area contributed by atoms with Gasteiger partial charge in [-0.15, -0.1) is 20.4 Å². The van der Waals surface area contributed by atoms with E-state index in [-0.39, 0.29) is 11.6 Å². The zero-order chi connectivity index (χ0) is 9.14. The molecule has 66 valence electrons. The average Bonchev–Trinajstić information content (AvgIpc) is 2.04. The second kappa shape index (κ2) is 3.51. The van der Waals surface area contributed by atoms with Crippen molar-refractivity contribution in [3.05, 3.63) is 11.6 Å². The lowest BCUT2D eigenvalue weighted by Crippen LogP contribution is -2.09. The lowest BCUT2D eigenvalue weighted by Gasteiger charge is -2.02. The molecule has 1 rings (SSSR count). The predicted molar refractivity (Wildman–Crippen MR) is 38.9 cm³/mol. The van der Waals surface area contributed by atoms with E-state index in [4.69, 9.17) is 10.2 Å². The van der Waals surface area contributed by atoms with Crippen molar-refractivity contribution in [2.45, 2.75) is 26.1 Å². The minimum Gasteiger partial charge on any atom is -0.385 e. The van der Waals surface area contributed by atoms with Crippen molar-refractivity contribution < 1.29 is 10.2 Å². The van der Waals surface area contributed by atoms with Crippen LogP contribution in [0.25, 0.3) is 0 Å². The van der Waals surface area contributed by atoms with Crippen LogP contribution in [0.1, 0.15) is 37.7 Å². The van der Waals surface area contributed by atoms with Gasteiger partial charge >= 0.3 is 0 Å². The fourth-order valence-corrected chi connectivity index (χ4v) is 0.579. The van der Waals surface area contributed by atoms with Gasteiger partial charge in [-0.2, -0.15) is 0 Å². The fourth-order valence-electron chi connectivity index (χ4n) is 0.579. The first-order valence-electron chi connectivity index (χ1n) is 3.54. The van der Waals surface area contributed by atoms with Crippen molar-refractivity contribution in [3.8, 4) is 0 Å². The zero-order valence-corrected chi connectivity index (χ0v) is 6.84. The number of aliphatic hydroxyl groups excluding tert-OH is 2. The van der Waals surface area contributed by atoms with E-state index < -0.39 is 12.2 Å². The maximum atomic E-state index is 8.99. The summed E-state index contributed by atoms with van der Waals surface area (Å²) in [6.07, 6.45) is -1.57. The second-order valence-corrected chi connectivity index (χ2v) is 2.47. The first-order chi connectivity index (χ1) is 5.61. The van der Waals surface area contributed by atoms with Gasteiger partial charge in [-0.3, -0.25) is 0 Å². The zero-order valence-electron chi connectivity index (χ0n) is 6.84. The van der Waals surface area contributed by atoms with Gasteiger partial charge in [-0.05, 0) is 13.8 Å². The van der Waals surface area contributed by atoms with Gasteiger partial charge in [0.1, 0.15) is 12.2 Å². The Hall–Kier alpha value is -1.14. The van der Waals surface area contributed by atoms with Gasteiger partial charge in [0.25, 0.3) is 0 Å². The molecule has 0 radical (unpaired) electrons. The van der Waals surface area contributed by atoms with Crippen molar-refractivity contribution in [1.29, 1.82) is 0 Å². The Bertz CT molecular complexity index is 219. The molecule has 0 aliphatic heterocycles. The van der Waals surface area contributed by atoms with E-state index in [2.05, 4.69) is 20.4 Å². The number of nitrogens with zero attached hydrogens (tertiary/aromatic N) is 4. The standard InChI is InChI=1S/C6H10N4O2/c1-3(11)5-7-9-6(4(2)12)10-8-5/h3-4,11-12H,1-2H3. The Kier molecular flexibility index (Phi) is 2.61. The minimum absolute atomic E-state index is 0.152. The molecule has 0 amide bonds. The summed E-state index contributed by atoms with van der Waals surface area (Å²) in [6, 6.07) is 0. The van der Waals surface area contributed by atoms with Crippen LogP contribution in [0.4, 0.5) is 0 Å². The number of hydrogen-bond acceptors (Lipinski definition) is 6. The highest BCUT2D eigenvalue weighted by atomic mass is 16.3. The molecule has 1 aromatic rings. The molecule has 0 saturated carbocycles. The van der Waals surface area contributed by atoms with E-state index in [1.807, 2.05) is 0 Å². The van der Waals surface area contributed by atoms with Crippen molar-refractivity contribution in [1.82, 2.24) is 20.4 Å². The van der Waals surface area contributed by atoms with Gasteiger partial charge in [0.2, 0.25) is 11.6 Å². The second-order valence-electron chi connectivity index (χ2n) is 2.47. The van der Waals surface area contributed by atoms with Crippen molar-refractivity contribution in [2.24, 2.45) is 0 Å².